The number of fused-ring (bicyclic) bond motifs is 2. The predicted octanol–water partition coefficient (Wildman–Crippen LogP) is 3.72. The smallest absolute Gasteiger partial charge is 0.339 e. The van der Waals surface area contributed by atoms with Crippen LogP contribution in [-0.2, 0) is 30.6 Å². The van der Waals surface area contributed by atoms with Crippen molar-refractivity contribution in [2.24, 2.45) is 0 Å². The lowest BCUT2D eigenvalue weighted by Crippen LogP contribution is -2.15. The van der Waals surface area contributed by atoms with Gasteiger partial charge in [-0.3, -0.25) is 4.98 Å². The highest BCUT2D eigenvalue weighted by Crippen LogP contribution is 2.30. The molecule has 0 bridgehead atoms. The van der Waals surface area contributed by atoms with Crippen molar-refractivity contribution >= 4 is 16.9 Å². The molecule has 0 radical (unpaired) electrons. The zero-order valence-corrected chi connectivity index (χ0v) is 15.0. The molecule has 1 aliphatic carbocycles. The quantitative estimate of drug-likeness (QED) is 0.667. The van der Waals surface area contributed by atoms with Crippen LogP contribution in [0, 0.1) is 6.92 Å². The Morgan fingerprint density at radius 1 is 1.23 bits per heavy atom. The number of benzene rings is 1. The fraction of sp³-hybridized carbons (Fsp3) is 0.400. The summed E-state index contributed by atoms with van der Waals surface area (Å²) in [6.45, 7) is 3.94. The van der Waals surface area contributed by atoms with E-state index in [1.165, 1.54) is 0 Å². The van der Waals surface area contributed by atoms with E-state index in [0.29, 0.717) is 23.7 Å². The van der Waals surface area contributed by atoms with E-state index in [0.717, 1.165) is 53.4 Å². The van der Waals surface area contributed by atoms with Crippen molar-refractivity contribution in [2.75, 3.05) is 0 Å². The fourth-order valence-corrected chi connectivity index (χ4v) is 3.46. The molecule has 0 spiro atoms. The zero-order chi connectivity index (χ0) is 18.1. The monoisotopic (exact) mass is 351 g/mol. The van der Waals surface area contributed by atoms with Crippen LogP contribution in [-0.4, -0.2) is 21.1 Å². The van der Waals surface area contributed by atoms with Crippen LogP contribution in [0.15, 0.2) is 22.7 Å². The number of nitrogens with zero attached hydrogens (tertiary/aromatic N) is 3. The van der Waals surface area contributed by atoms with Gasteiger partial charge in [-0.2, -0.15) is 4.98 Å². The summed E-state index contributed by atoms with van der Waals surface area (Å²) in [5, 5.41) is 4.69. The minimum atomic E-state index is -0.350. The largest absolute Gasteiger partial charge is 0.452 e. The highest BCUT2D eigenvalue weighted by Gasteiger charge is 2.24. The van der Waals surface area contributed by atoms with E-state index in [1.807, 2.05) is 32.0 Å². The topological polar surface area (TPSA) is 78.1 Å². The van der Waals surface area contributed by atoms with Crippen LogP contribution in [0.4, 0.5) is 0 Å². The van der Waals surface area contributed by atoms with Gasteiger partial charge in [-0.15, -0.1) is 0 Å². The van der Waals surface area contributed by atoms with Crippen molar-refractivity contribution < 1.29 is 14.1 Å². The van der Waals surface area contributed by atoms with Gasteiger partial charge < -0.3 is 9.26 Å². The summed E-state index contributed by atoms with van der Waals surface area (Å²) >= 11 is 0. The maximum atomic E-state index is 13.0. The number of carbonyl (C=O) groups is 1. The molecule has 2 aromatic heterocycles. The number of rotatable bonds is 4. The van der Waals surface area contributed by atoms with E-state index in [9.17, 15) is 4.79 Å². The number of esters is 1. The van der Waals surface area contributed by atoms with Gasteiger partial charge in [0, 0.05) is 17.5 Å². The molecule has 0 atom stereocenters. The third-order valence-corrected chi connectivity index (χ3v) is 4.77. The molecule has 0 aliphatic heterocycles. The van der Waals surface area contributed by atoms with Crippen molar-refractivity contribution in [3.8, 4) is 0 Å². The fourth-order valence-electron chi connectivity index (χ4n) is 3.46. The highest BCUT2D eigenvalue weighted by molar-refractivity contribution is 6.05. The molecule has 6 heteroatoms. The minimum absolute atomic E-state index is 0.0176. The number of hydrogen-bond acceptors (Lipinski definition) is 6. The zero-order valence-electron chi connectivity index (χ0n) is 15.0. The third kappa shape index (κ3) is 3.07. The van der Waals surface area contributed by atoms with Crippen LogP contribution in [0.1, 0.15) is 58.7 Å². The Balaban J connectivity index is 1.71. The first kappa shape index (κ1) is 16.7. The van der Waals surface area contributed by atoms with Crippen molar-refractivity contribution in [1.82, 2.24) is 15.1 Å². The van der Waals surface area contributed by atoms with Crippen LogP contribution in [0.2, 0.25) is 0 Å². The number of hydrogen-bond donors (Lipinski definition) is 0. The first-order chi connectivity index (χ1) is 12.7. The average Bonchev–Trinajstić information content (AvgIpc) is 3.12. The number of aromatic nitrogens is 3. The molecule has 0 fully saturated rings. The number of ether oxygens (including phenoxy) is 1. The molecule has 1 aliphatic rings. The molecule has 0 N–H and O–H groups in total. The second kappa shape index (κ2) is 6.86. The predicted molar refractivity (Wildman–Crippen MR) is 95.9 cm³/mol. The molecule has 3 aromatic rings. The summed E-state index contributed by atoms with van der Waals surface area (Å²) in [5.41, 5.74) is 4.62. The van der Waals surface area contributed by atoms with Crippen LogP contribution < -0.4 is 0 Å². The Kier molecular flexibility index (Phi) is 4.41. The number of pyridine rings is 1. The lowest BCUT2D eigenvalue weighted by Gasteiger charge is -2.20. The molecule has 0 unspecified atom stereocenters. The minimum Gasteiger partial charge on any atom is -0.452 e. The van der Waals surface area contributed by atoms with E-state index < -0.39 is 0 Å². The first-order valence-corrected chi connectivity index (χ1v) is 9.06. The van der Waals surface area contributed by atoms with Gasteiger partial charge in [0.15, 0.2) is 12.4 Å². The number of carbonyl (C=O) groups excluding carboxylic acids is 1. The molecule has 2 heterocycles. The summed E-state index contributed by atoms with van der Waals surface area (Å²) in [5.74, 6) is 0.578. The van der Waals surface area contributed by atoms with Crippen LogP contribution in [0.3, 0.4) is 0 Å². The van der Waals surface area contributed by atoms with E-state index in [2.05, 4.69) is 10.1 Å². The second-order valence-corrected chi connectivity index (χ2v) is 6.67. The Bertz CT molecular complexity index is 978. The molecular weight excluding hydrogens is 330 g/mol. The van der Waals surface area contributed by atoms with Crippen LogP contribution >= 0.6 is 0 Å². The normalized spacial score (nSPS) is 13.6. The molecule has 0 saturated carbocycles. The summed E-state index contributed by atoms with van der Waals surface area (Å²) < 4.78 is 10.6. The summed E-state index contributed by atoms with van der Waals surface area (Å²) in [6, 6.07) is 6.00. The van der Waals surface area contributed by atoms with E-state index in [-0.39, 0.29) is 12.6 Å². The van der Waals surface area contributed by atoms with E-state index >= 15 is 0 Å². The van der Waals surface area contributed by atoms with Gasteiger partial charge in [0.25, 0.3) is 5.89 Å². The highest BCUT2D eigenvalue weighted by atomic mass is 16.6. The average molecular weight is 351 g/mol. The first-order valence-electron chi connectivity index (χ1n) is 9.06. The van der Waals surface area contributed by atoms with Crippen molar-refractivity contribution in [1.29, 1.82) is 0 Å². The molecule has 0 saturated heterocycles. The summed E-state index contributed by atoms with van der Waals surface area (Å²) in [7, 11) is 0. The van der Waals surface area contributed by atoms with Crippen LogP contribution in [0.5, 0.6) is 0 Å². The summed E-state index contributed by atoms with van der Waals surface area (Å²) in [6.07, 6.45) is 4.61. The second-order valence-electron chi connectivity index (χ2n) is 6.67. The molecule has 26 heavy (non-hydrogen) atoms. The maximum absolute atomic E-state index is 13.0. The molecule has 4 rings (SSSR count). The number of aryl methyl sites for hydroxylation is 3. The van der Waals surface area contributed by atoms with Gasteiger partial charge in [0.2, 0.25) is 0 Å². The van der Waals surface area contributed by atoms with Crippen molar-refractivity contribution in [3.63, 3.8) is 0 Å². The molecular formula is C20H21N3O3. The Hall–Kier alpha value is -2.76. The van der Waals surface area contributed by atoms with Gasteiger partial charge in [0.1, 0.15) is 0 Å². The third-order valence-electron chi connectivity index (χ3n) is 4.77. The Morgan fingerprint density at radius 2 is 2.08 bits per heavy atom. The van der Waals surface area contributed by atoms with Gasteiger partial charge in [-0.25, -0.2) is 4.79 Å². The van der Waals surface area contributed by atoms with Gasteiger partial charge in [-0.1, -0.05) is 23.7 Å². The Labute approximate surface area is 151 Å². The molecule has 0 amide bonds. The van der Waals surface area contributed by atoms with Crippen molar-refractivity contribution in [3.05, 3.63) is 52.3 Å². The van der Waals surface area contributed by atoms with Gasteiger partial charge >= 0.3 is 5.97 Å². The van der Waals surface area contributed by atoms with Gasteiger partial charge in [0.05, 0.1) is 11.1 Å². The Morgan fingerprint density at radius 3 is 2.88 bits per heavy atom. The van der Waals surface area contributed by atoms with Crippen LogP contribution in [0.25, 0.3) is 10.9 Å². The maximum Gasteiger partial charge on any atom is 0.339 e. The summed E-state index contributed by atoms with van der Waals surface area (Å²) in [4.78, 5) is 21.9. The van der Waals surface area contributed by atoms with E-state index in [4.69, 9.17) is 14.2 Å². The lowest BCUT2D eigenvalue weighted by molar-refractivity contribution is 0.0430. The molecule has 1 aromatic carbocycles. The van der Waals surface area contributed by atoms with Crippen molar-refractivity contribution in [2.45, 2.75) is 52.6 Å². The molecule has 134 valence electrons. The van der Waals surface area contributed by atoms with E-state index in [1.54, 1.807) is 0 Å². The molecule has 6 nitrogen and oxygen atoms in total. The standard InChI is InChI=1S/C20H21N3O3/c1-3-17-22-18(26-23-17)11-25-20(24)19-13-6-4-5-7-15(13)21-16-9-8-12(2)10-14(16)19/h8-10H,3-7,11H2,1-2H3. The SMILES string of the molecule is CCc1noc(COC(=O)c2c3c(nc4ccc(C)cc24)CCCC3)n1. The van der Waals surface area contributed by atoms with Gasteiger partial charge in [-0.05, 0) is 50.3 Å². The lowest BCUT2D eigenvalue weighted by atomic mass is 9.89.